The van der Waals surface area contributed by atoms with Gasteiger partial charge in [0.15, 0.2) is 0 Å². The Hall–Kier alpha value is -2.19. The predicted octanol–water partition coefficient (Wildman–Crippen LogP) is 5.33. The van der Waals surface area contributed by atoms with E-state index in [2.05, 4.69) is 33.9 Å². The van der Waals surface area contributed by atoms with Crippen LogP contribution in [-0.4, -0.2) is 29.5 Å². The molecule has 0 aliphatic carbocycles. The highest BCUT2D eigenvalue weighted by atomic mass is 79.9. The van der Waals surface area contributed by atoms with Crippen molar-refractivity contribution in [3.63, 3.8) is 0 Å². The van der Waals surface area contributed by atoms with Crippen molar-refractivity contribution in [3.8, 4) is 5.75 Å². The second-order valence-corrected chi connectivity index (χ2v) is 8.33. The lowest BCUT2D eigenvalue weighted by Gasteiger charge is -2.34. The Morgan fingerprint density at radius 3 is 2.55 bits per heavy atom. The van der Waals surface area contributed by atoms with Gasteiger partial charge in [-0.2, -0.15) is 12.6 Å². The molecule has 2 rings (SSSR count). The summed E-state index contributed by atoms with van der Waals surface area (Å²) in [5, 5.41) is 13.1. The molecule has 0 aliphatic heterocycles. The first kappa shape index (κ1) is 23.1. The van der Waals surface area contributed by atoms with E-state index in [-0.39, 0.29) is 18.1 Å². The molecule has 29 heavy (non-hydrogen) atoms. The molecule has 0 fully saturated rings. The molecule has 2 aromatic rings. The average Bonchev–Trinajstić information content (AvgIpc) is 2.68. The van der Waals surface area contributed by atoms with E-state index in [1.165, 1.54) is 6.07 Å². The van der Waals surface area contributed by atoms with Gasteiger partial charge in [0.2, 0.25) is 0 Å². The van der Waals surface area contributed by atoms with Crippen LogP contribution >= 0.6 is 28.6 Å². The summed E-state index contributed by atoms with van der Waals surface area (Å²) in [4.78, 5) is 23.9. The summed E-state index contributed by atoms with van der Waals surface area (Å²) in [7, 11) is 0. The number of thiol groups is 1. The van der Waals surface area contributed by atoms with E-state index in [0.717, 1.165) is 4.47 Å². The summed E-state index contributed by atoms with van der Waals surface area (Å²) in [6.07, 6.45) is -1.04. The molecule has 0 radical (unpaired) electrons. The molecule has 0 aliphatic rings. The number of phenolic OH excluding ortho intramolecular Hbond substituents is 1. The van der Waals surface area contributed by atoms with Crippen LogP contribution in [0.3, 0.4) is 0 Å². The van der Waals surface area contributed by atoms with Crippen molar-refractivity contribution in [1.29, 1.82) is 0 Å². The summed E-state index contributed by atoms with van der Waals surface area (Å²) in [6.45, 7) is 3.89. The first-order valence-electron chi connectivity index (χ1n) is 9.00. The normalized spacial score (nSPS) is 12.1. The Balaban J connectivity index is 2.24. The van der Waals surface area contributed by atoms with Crippen LogP contribution in [0.5, 0.6) is 5.75 Å². The highest BCUT2D eigenvalue weighted by Gasteiger charge is 2.36. The number of anilines is 1. The number of esters is 1. The lowest BCUT2D eigenvalue weighted by atomic mass is 9.79. The predicted molar refractivity (Wildman–Crippen MR) is 118 cm³/mol. The number of ether oxygens (including phenoxy) is 2. The SMILES string of the molecule is CC(C)(CCOC(=O)CS)[C@@H](OC(=O)Nc1ccccc1)c1cc(Br)ccc1O. The minimum absolute atomic E-state index is 0.00568. The van der Waals surface area contributed by atoms with Gasteiger partial charge in [0.25, 0.3) is 0 Å². The molecule has 0 aromatic heterocycles. The zero-order chi connectivity index (χ0) is 21.4. The minimum atomic E-state index is -0.793. The minimum Gasteiger partial charge on any atom is -0.508 e. The monoisotopic (exact) mass is 481 g/mol. The Morgan fingerprint density at radius 1 is 1.21 bits per heavy atom. The van der Waals surface area contributed by atoms with Crippen LogP contribution in [0.15, 0.2) is 53.0 Å². The molecule has 2 aromatic carbocycles. The Bertz CT molecular complexity index is 844. The van der Waals surface area contributed by atoms with Crippen molar-refractivity contribution in [2.45, 2.75) is 26.4 Å². The molecule has 156 valence electrons. The Kier molecular flexibility index (Phi) is 8.40. The van der Waals surface area contributed by atoms with Crippen LogP contribution < -0.4 is 5.32 Å². The van der Waals surface area contributed by atoms with E-state index in [1.807, 2.05) is 19.9 Å². The fourth-order valence-corrected chi connectivity index (χ4v) is 3.23. The van der Waals surface area contributed by atoms with Gasteiger partial charge in [-0.1, -0.05) is 48.0 Å². The maximum atomic E-state index is 12.5. The molecule has 8 heteroatoms. The summed E-state index contributed by atoms with van der Waals surface area (Å²) in [5.74, 6) is -0.424. The third-order valence-corrected chi connectivity index (χ3v) is 5.12. The van der Waals surface area contributed by atoms with Gasteiger partial charge in [-0.05, 0) is 36.8 Å². The van der Waals surface area contributed by atoms with Crippen molar-refractivity contribution < 1.29 is 24.2 Å². The number of carbonyl (C=O) groups is 2. The fourth-order valence-electron chi connectivity index (χ4n) is 2.76. The first-order chi connectivity index (χ1) is 13.7. The maximum Gasteiger partial charge on any atom is 0.412 e. The largest absolute Gasteiger partial charge is 0.508 e. The van der Waals surface area contributed by atoms with Crippen molar-refractivity contribution in [2.75, 3.05) is 17.7 Å². The van der Waals surface area contributed by atoms with Crippen molar-refractivity contribution >= 4 is 46.3 Å². The molecule has 1 atom stereocenters. The van der Waals surface area contributed by atoms with Crippen LogP contribution in [0.1, 0.15) is 31.9 Å². The van der Waals surface area contributed by atoms with Crippen LogP contribution in [0.25, 0.3) is 0 Å². The van der Waals surface area contributed by atoms with E-state index in [1.54, 1.807) is 36.4 Å². The Morgan fingerprint density at radius 2 is 1.90 bits per heavy atom. The highest BCUT2D eigenvalue weighted by Crippen LogP contribution is 2.43. The number of phenols is 1. The quantitative estimate of drug-likeness (QED) is 0.350. The number of para-hydroxylation sites is 1. The zero-order valence-corrected chi connectivity index (χ0v) is 18.7. The van der Waals surface area contributed by atoms with Crippen molar-refractivity contribution in [1.82, 2.24) is 0 Å². The average molecular weight is 482 g/mol. The number of nitrogens with one attached hydrogen (secondary N) is 1. The van der Waals surface area contributed by atoms with Crippen LogP contribution in [0.4, 0.5) is 10.5 Å². The number of carbonyl (C=O) groups excluding carboxylic acids is 2. The van der Waals surface area contributed by atoms with E-state index in [0.29, 0.717) is 17.7 Å². The molecule has 0 unspecified atom stereocenters. The van der Waals surface area contributed by atoms with E-state index in [4.69, 9.17) is 9.47 Å². The molecular weight excluding hydrogens is 458 g/mol. The third kappa shape index (κ3) is 6.97. The van der Waals surface area contributed by atoms with Gasteiger partial charge in [-0.15, -0.1) is 0 Å². The lowest BCUT2D eigenvalue weighted by Crippen LogP contribution is -2.30. The smallest absolute Gasteiger partial charge is 0.412 e. The number of aromatic hydroxyl groups is 1. The van der Waals surface area contributed by atoms with Gasteiger partial charge >= 0.3 is 12.1 Å². The molecule has 0 spiro atoms. The van der Waals surface area contributed by atoms with Crippen molar-refractivity contribution in [2.24, 2.45) is 5.41 Å². The number of hydrogen-bond acceptors (Lipinski definition) is 6. The zero-order valence-electron chi connectivity index (χ0n) is 16.2. The summed E-state index contributed by atoms with van der Waals surface area (Å²) in [6, 6.07) is 13.9. The fraction of sp³-hybridized carbons (Fsp3) is 0.333. The lowest BCUT2D eigenvalue weighted by molar-refractivity contribution is -0.141. The number of hydrogen-bond donors (Lipinski definition) is 3. The van der Waals surface area contributed by atoms with E-state index >= 15 is 0 Å². The molecule has 0 saturated carbocycles. The summed E-state index contributed by atoms with van der Waals surface area (Å²) < 4.78 is 11.6. The van der Waals surface area contributed by atoms with Gasteiger partial charge in [0, 0.05) is 21.1 Å². The third-order valence-electron chi connectivity index (χ3n) is 4.37. The van der Waals surface area contributed by atoms with Crippen LogP contribution in [-0.2, 0) is 14.3 Å². The maximum absolute atomic E-state index is 12.5. The molecule has 0 saturated heterocycles. The molecule has 1 amide bonds. The Labute approximate surface area is 184 Å². The number of benzene rings is 2. The first-order valence-corrected chi connectivity index (χ1v) is 10.4. The number of rotatable bonds is 8. The second-order valence-electron chi connectivity index (χ2n) is 7.10. The molecule has 2 N–H and O–H groups in total. The van der Waals surface area contributed by atoms with Gasteiger partial charge in [-0.3, -0.25) is 10.1 Å². The molecule has 6 nitrogen and oxygen atoms in total. The number of amides is 1. The van der Waals surface area contributed by atoms with Gasteiger partial charge in [0.05, 0.1) is 12.4 Å². The molecule has 0 bridgehead atoms. The van der Waals surface area contributed by atoms with Crippen LogP contribution in [0, 0.1) is 5.41 Å². The second kappa shape index (κ2) is 10.5. The topological polar surface area (TPSA) is 84.9 Å². The van der Waals surface area contributed by atoms with Crippen LogP contribution in [0.2, 0.25) is 0 Å². The van der Waals surface area contributed by atoms with Crippen molar-refractivity contribution in [3.05, 3.63) is 58.6 Å². The number of halogens is 1. The van der Waals surface area contributed by atoms with Gasteiger partial charge < -0.3 is 14.6 Å². The molecular formula is C21H24BrNO5S. The van der Waals surface area contributed by atoms with Gasteiger partial charge in [0.1, 0.15) is 11.9 Å². The van der Waals surface area contributed by atoms with E-state index < -0.39 is 23.6 Å². The highest BCUT2D eigenvalue weighted by molar-refractivity contribution is 9.10. The van der Waals surface area contributed by atoms with E-state index in [9.17, 15) is 14.7 Å². The summed E-state index contributed by atoms with van der Waals surface area (Å²) in [5.41, 5.74) is 0.395. The summed E-state index contributed by atoms with van der Waals surface area (Å²) >= 11 is 7.27. The van der Waals surface area contributed by atoms with Gasteiger partial charge in [-0.25, -0.2) is 4.79 Å². The molecule has 0 heterocycles. The standard InChI is InChI=1S/C21H24BrNO5S/c1-21(2,10-11-27-18(25)13-29)19(16-12-14(22)8-9-17(16)24)28-20(26)23-15-6-4-3-5-7-15/h3-9,12,19,24,29H,10-11,13H2,1-2H3,(H,23,26)/t19-/m0/s1.